The molecule has 2 aromatic carbocycles. The number of carbonyl (C=O) groups is 1. The standard InChI is InChI=1S/C12H13NO3.C9H11NO.ClH/c1-10(12(14)15)13-16-9-5-8-11-6-3-2-4-7-11;10-11-8-4-7-9-5-2-1-3-6-9;/h2-8H,9H2,1H3,(H,14,15);1-7H,8,10H2;1H/b8-5+,13-10-;7-4+;. The molecule has 0 aliphatic heterocycles. The summed E-state index contributed by atoms with van der Waals surface area (Å²) in [6.07, 6.45) is 7.49. The van der Waals surface area contributed by atoms with Gasteiger partial charge in [0.2, 0.25) is 0 Å². The highest BCUT2D eigenvalue weighted by atomic mass is 35.5. The van der Waals surface area contributed by atoms with Crippen LogP contribution < -0.4 is 5.90 Å². The van der Waals surface area contributed by atoms with Crippen LogP contribution in [0.15, 0.2) is 78.0 Å². The van der Waals surface area contributed by atoms with Gasteiger partial charge in [0.25, 0.3) is 0 Å². The fraction of sp³-hybridized carbons (Fsp3) is 0.143. The van der Waals surface area contributed by atoms with Gasteiger partial charge in [-0.2, -0.15) is 0 Å². The summed E-state index contributed by atoms with van der Waals surface area (Å²) in [5, 5.41) is 11.9. The minimum absolute atomic E-state index is 0. The van der Waals surface area contributed by atoms with Crippen molar-refractivity contribution in [2.45, 2.75) is 6.92 Å². The first kappa shape index (κ1) is 25.1. The maximum absolute atomic E-state index is 10.4. The molecule has 6 nitrogen and oxygen atoms in total. The fourth-order valence-corrected chi connectivity index (χ4v) is 1.77. The lowest BCUT2D eigenvalue weighted by molar-refractivity contribution is -0.129. The Labute approximate surface area is 171 Å². The predicted molar refractivity (Wildman–Crippen MR) is 115 cm³/mol. The van der Waals surface area contributed by atoms with Crippen molar-refractivity contribution in [3.8, 4) is 0 Å². The van der Waals surface area contributed by atoms with E-state index in [4.69, 9.17) is 15.8 Å². The smallest absolute Gasteiger partial charge is 0.353 e. The van der Waals surface area contributed by atoms with Crippen molar-refractivity contribution in [1.82, 2.24) is 0 Å². The van der Waals surface area contributed by atoms with Crippen LogP contribution in [0, 0.1) is 0 Å². The van der Waals surface area contributed by atoms with Crippen molar-refractivity contribution in [2.24, 2.45) is 11.1 Å². The van der Waals surface area contributed by atoms with Gasteiger partial charge in [-0.1, -0.05) is 84.0 Å². The Morgan fingerprint density at radius 1 is 0.964 bits per heavy atom. The van der Waals surface area contributed by atoms with E-state index in [1.165, 1.54) is 6.92 Å². The normalized spacial score (nSPS) is 10.9. The van der Waals surface area contributed by atoms with Crippen LogP contribution >= 0.6 is 12.4 Å². The molecule has 0 aliphatic rings. The molecule has 0 bridgehead atoms. The van der Waals surface area contributed by atoms with Gasteiger partial charge in [0.1, 0.15) is 6.61 Å². The van der Waals surface area contributed by atoms with Crippen LogP contribution in [0.4, 0.5) is 0 Å². The van der Waals surface area contributed by atoms with Gasteiger partial charge >= 0.3 is 5.97 Å². The number of nitrogens with two attached hydrogens (primary N) is 1. The molecular weight excluding hydrogens is 380 g/mol. The molecule has 0 amide bonds. The monoisotopic (exact) mass is 404 g/mol. The molecule has 0 heterocycles. The maximum atomic E-state index is 10.4. The van der Waals surface area contributed by atoms with Gasteiger partial charge in [0.05, 0.1) is 6.61 Å². The van der Waals surface area contributed by atoms with Crippen LogP contribution in [0.5, 0.6) is 0 Å². The van der Waals surface area contributed by atoms with Crippen molar-refractivity contribution in [1.29, 1.82) is 0 Å². The molecule has 28 heavy (non-hydrogen) atoms. The summed E-state index contributed by atoms with van der Waals surface area (Å²) < 4.78 is 0. The van der Waals surface area contributed by atoms with Crippen molar-refractivity contribution in [2.75, 3.05) is 13.2 Å². The Kier molecular flexibility index (Phi) is 14.6. The summed E-state index contributed by atoms with van der Waals surface area (Å²) >= 11 is 0. The van der Waals surface area contributed by atoms with Crippen molar-refractivity contribution in [3.05, 3.63) is 83.9 Å². The number of hydrogen-bond acceptors (Lipinski definition) is 5. The first-order valence-electron chi connectivity index (χ1n) is 8.28. The quantitative estimate of drug-likeness (QED) is 0.391. The van der Waals surface area contributed by atoms with E-state index < -0.39 is 5.97 Å². The van der Waals surface area contributed by atoms with Crippen LogP contribution in [0.3, 0.4) is 0 Å². The van der Waals surface area contributed by atoms with Gasteiger partial charge in [-0.3, -0.25) is 0 Å². The third kappa shape index (κ3) is 12.4. The molecule has 0 unspecified atom stereocenters. The number of carboxylic acids is 1. The largest absolute Gasteiger partial charge is 0.477 e. The third-order valence-electron chi connectivity index (χ3n) is 3.09. The van der Waals surface area contributed by atoms with E-state index in [0.29, 0.717) is 6.61 Å². The Bertz CT molecular complexity index is 748. The number of aliphatic carboxylic acids is 1. The number of halogens is 1. The van der Waals surface area contributed by atoms with Gasteiger partial charge in [0.15, 0.2) is 5.71 Å². The van der Waals surface area contributed by atoms with Gasteiger partial charge in [-0.15, -0.1) is 12.4 Å². The minimum Gasteiger partial charge on any atom is -0.477 e. The van der Waals surface area contributed by atoms with E-state index in [0.717, 1.165) is 11.1 Å². The first-order chi connectivity index (χ1) is 13.1. The highest BCUT2D eigenvalue weighted by Crippen LogP contribution is 2.01. The van der Waals surface area contributed by atoms with Crippen LogP contribution in [0.25, 0.3) is 12.2 Å². The predicted octanol–water partition coefficient (Wildman–Crippen LogP) is 4.19. The Balaban J connectivity index is 0.000000535. The van der Waals surface area contributed by atoms with Crippen LogP contribution in [0.1, 0.15) is 18.1 Å². The highest BCUT2D eigenvalue weighted by Gasteiger charge is 2.00. The first-order valence-corrected chi connectivity index (χ1v) is 8.28. The molecule has 0 fully saturated rings. The van der Waals surface area contributed by atoms with E-state index in [2.05, 4.69) is 9.99 Å². The molecule has 2 aromatic rings. The molecule has 7 heteroatoms. The number of benzene rings is 2. The molecule has 0 atom stereocenters. The lowest BCUT2D eigenvalue weighted by Crippen LogP contribution is -2.08. The third-order valence-corrected chi connectivity index (χ3v) is 3.09. The molecule has 0 spiro atoms. The summed E-state index contributed by atoms with van der Waals surface area (Å²) in [4.78, 5) is 19.5. The molecule has 150 valence electrons. The van der Waals surface area contributed by atoms with Gasteiger partial charge < -0.3 is 14.8 Å². The summed E-state index contributed by atoms with van der Waals surface area (Å²) in [6.45, 7) is 2.08. The average Bonchev–Trinajstić information content (AvgIpc) is 2.70. The van der Waals surface area contributed by atoms with Gasteiger partial charge in [-0.25, -0.2) is 10.7 Å². The van der Waals surface area contributed by atoms with E-state index >= 15 is 0 Å². The summed E-state index contributed by atoms with van der Waals surface area (Å²) in [5.74, 6) is 3.76. The Morgan fingerprint density at radius 3 is 1.86 bits per heavy atom. The molecule has 0 aliphatic carbocycles. The van der Waals surface area contributed by atoms with Gasteiger partial charge in [-0.05, 0) is 24.1 Å². The van der Waals surface area contributed by atoms with E-state index in [1.54, 1.807) is 6.08 Å². The summed E-state index contributed by atoms with van der Waals surface area (Å²) in [7, 11) is 0. The second-order valence-corrected chi connectivity index (χ2v) is 5.24. The summed E-state index contributed by atoms with van der Waals surface area (Å²) in [5.41, 5.74) is 2.16. The zero-order valence-electron chi connectivity index (χ0n) is 15.6. The second-order valence-electron chi connectivity index (χ2n) is 5.24. The molecule has 0 radical (unpaired) electrons. The molecular formula is C21H25ClN2O4. The lowest BCUT2D eigenvalue weighted by atomic mass is 10.2. The van der Waals surface area contributed by atoms with E-state index in [1.807, 2.05) is 78.9 Å². The van der Waals surface area contributed by atoms with Crippen LogP contribution in [0.2, 0.25) is 0 Å². The number of carboxylic acid groups (broad SMARTS) is 1. The van der Waals surface area contributed by atoms with E-state index in [9.17, 15) is 4.79 Å². The average molecular weight is 405 g/mol. The fourth-order valence-electron chi connectivity index (χ4n) is 1.77. The second kappa shape index (κ2) is 16.3. The minimum atomic E-state index is -1.08. The molecule has 0 aromatic heterocycles. The lowest BCUT2D eigenvalue weighted by Gasteiger charge is -1.95. The van der Waals surface area contributed by atoms with Crippen molar-refractivity contribution < 1.29 is 19.6 Å². The SMILES string of the molecule is C/C(=N/OC/C=C/c1ccccc1)C(=O)O.Cl.NOC/C=C/c1ccccc1. The molecule has 3 N–H and O–H groups in total. The summed E-state index contributed by atoms with van der Waals surface area (Å²) in [6, 6.07) is 19.7. The van der Waals surface area contributed by atoms with Crippen molar-refractivity contribution >= 4 is 36.2 Å². The van der Waals surface area contributed by atoms with Crippen LogP contribution in [-0.2, 0) is 14.5 Å². The zero-order chi connectivity index (χ0) is 19.7. The topological polar surface area (TPSA) is 94.1 Å². The Morgan fingerprint density at radius 2 is 1.43 bits per heavy atom. The number of nitrogens with zero attached hydrogens (tertiary/aromatic N) is 1. The number of hydrogen-bond donors (Lipinski definition) is 2. The zero-order valence-corrected chi connectivity index (χ0v) is 16.4. The molecule has 0 saturated heterocycles. The van der Waals surface area contributed by atoms with Gasteiger partial charge in [0, 0.05) is 0 Å². The van der Waals surface area contributed by atoms with E-state index in [-0.39, 0.29) is 24.7 Å². The Hall–Kier alpha value is -2.93. The van der Waals surface area contributed by atoms with Crippen molar-refractivity contribution in [3.63, 3.8) is 0 Å². The maximum Gasteiger partial charge on any atom is 0.353 e. The number of rotatable bonds is 8. The molecule has 0 saturated carbocycles. The highest BCUT2D eigenvalue weighted by molar-refractivity contribution is 6.34. The van der Waals surface area contributed by atoms with Crippen LogP contribution in [-0.4, -0.2) is 30.0 Å². The molecule has 2 rings (SSSR count). The number of oxime groups is 1.